The number of nitrogens with zero attached hydrogens (tertiary/aromatic N) is 2. The maximum Gasteiger partial charge on any atom is 0.133 e. The Morgan fingerprint density at radius 3 is 3.00 bits per heavy atom. The summed E-state index contributed by atoms with van der Waals surface area (Å²) in [6, 6.07) is 10.9. The molecular formula is C16H21N3O. The van der Waals surface area contributed by atoms with E-state index in [2.05, 4.69) is 41.5 Å². The number of anilines is 1. The molecule has 1 aromatic heterocycles. The molecule has 4 nitrogen and oxygen atoms in total. The molecule has 1 aromatic carbocycles. The minimum absolute atomic E-state index is 0.430. The molecule has 0 aliphatic carbocycles. The molecule has 1 saturated heterocycles. The predicted molar refractivity (Wildman–Crippen MR) is 82.1 cm³/mol. The van der Waals surface area contributed by atoms with Gasteiger partial charge in [0.1, 0.15) is 5.82 Å². The third-order valence-electron chi connectivity index (χ3n) is 3.93. The maximum atomic E-state index is 5.50. The number of hydrogen-bond donors (Lipinski definition) is 1. The number of hydrogen-bond acceptors (Lipinski definition) is 4. The van der Waals surface area contributed by atoms with E-state index in [1.807, 2.05) is 13.1 Å². The molecule has 20 heavy (non-hydrogen) atoms. The van der Waals surface area contributed by atoms with Gasteiger partial charge < -0.3 is 15.0 Å². The molecule has 1 N–H and O–H groups in total. The zero-order valence-corrected chi connectivity index (χ0v) is 12.1. The van der Waals surface area contributed by atoms with Crippen LogP contribution in [0.2, 0.25) is 0 Å². The minimum atomic E-state index is 0.430. The van der Waals surface area contributed by atoms with E-state index in [9.17, 15) is 0 Å². The molecule has 0 spiro atoms. The van der Waals surface area contributed by atoms with Gasteiger partial charge in [0.05, 0.1) is 18.2 Å². The van der Waals surface area contributed by atoms with Gasteiger partial charge in [0.2, 0.25) is 0 Å². The Morgan fingerprint density at radius 1 is 1.40 bits per heavy atom. The Morgan fingerprint density at radius 2 is 2.25 bits per heavy atom. The molecule has 1 atom stereocenters. The molecule has 0 amide bonds. The third-order valence-corrected chi connectivity index (χ3v) is 3.93. The van der Waals surface area contributed by atoms with Crippen LogP contribution in [0.15, 0.2) is 30.3 Å². The number of fused-ring (bicyclic) bond motifs is 1. The van der Waals surface area contributed by atoms with Gasteiger partial charge in [0, 0.05) is 31.1 Å². The van der Waals surface area contributed by atoms with E-state index < -0.39 is 0 Å². The Bertz CT molecular complexity index is 593. The monoisotopic (exact) mass is 271 g/mol. The van der Waals surface area contributed by atoms with E-state index in [4.69, 9.17) is 9.72 Å². The van der Waals surface area contributed by atoms with E-state index >= 15 is 0 Å². The summed E-state index contributed by atoms with van der Waals surface area (Å²) in [5.41, 5.74) is 2.29. The molecule has 106 valence electrons. The summed E-state index contributed by atoms with van der Waals surface area (Å²) >= 11 is 0. The zero-order chi connectivity index (χ0) is 13.9. The van der Waals surface area contributed by atoms with Crippen molar-refractivity contribution in [1.29, 1.82) is 0 Å². The topological polar surface area (TPSA) is 37.4 Å². The van der Waals surface area contributed by atoms with Crippen molar-refractivity contribution in [2.24, 2.45) is 0 Å². The van der Waals surface area contributed by atoms with Gasteiger partial charge in [0.15, 0.2) is 0 Å². The Kier molecular flexibility index (Phi) is 3.85. The summed E-state index contributed by atoms with van der Waals surface area (Å²) in [5, 5.41) is 4.43. The van der Waals surface area contributed by atoms with Gasteiger partial charge in [-0.05, 0) is 25.6 Å². The van der Waals surface area contributed by atoms with Crippen LogP contribution in [0, 0.1) is 0 Å². The Balaban J connectivity index is 2.03. The Hall–Kier alpha value is -1.65. The molecule has 0 radical (unpaired) electrons. The van der Waals surface area contributed by atoms with Crippen LogP contribution < -0.4 is 10.2 Å². The maximum absolute atomic E-state index is 5.50. The van der Waals surface area contributed by atoms with Crippen molar-refractivity contribution in [3.8, 4) is 0 Å². The number of para-hydroxylation sites is 1. The van der Waals surface area contributed by atoms with Crippen molar-refractivity contribution in [2.45, 2.75) is 19.0 Å². The number of benzene rings is 1. The average Bonchev–Trinajstić information content (AvgIpc) is 3.00. The predicted octanol–water partition coefficient (Wildman–Crippen LogP) is 2.18. The summed E-state index contributed by atoms with van der Waals surface area (Å²) in [4.78, 5) is 7.14. The van der Waals surface area contributed by atoms with Gasteiger partial charge in [-0.3, -0.25) is 0 Å². The van der Waals surface area contributed by atoms with Crippen LogP contribution in [0.3, 0.4) is 0 Å². The lowest BCUT2D eigenvalue weighted by Gasteiger charge is -2.27. The number of rotatable bonds is 4. The molecule has 3 rings (SSSR count). The molecule has 2 heterocycles. The molecular weight excluding hydrogens is 250 g/mol. The van der Waals surface area contributed by atoms with Gasteiger partial charge in [0.25, 0.3) is 0 Å². The zero-order valence-electron chi connectivity index (χ0n) is 12.1. The first-order valence-electron chi connectivity index (χ1n) is 7.13. The first-order valence-corrected chi connectivity index (χ1v) is 7.13. The standard InChI is InChI=1S/C16H21N3O/c1-17-10-13-9-12-5-3-4-6-15(12)18-16(13)19(2)14-7-8-20-11-14/h3-6,9,14,17H,7-8,10-11H2,1-2H3. The summed E-state index contributed by atoms with van der Waals surface area (Å²) < 4.78 is 5.50. The highest BCUT2D eigenvalue weighted by atomic mass is 16.5. The second kappa shape index (κ2) is 5.77. The summed E-state index contributed by atoms with van der Waals surface area (Å²) in [6.07, 6.45) is 1.07. The second-order valence-electron chi connectivity index (χ2n) is 5.32. The molecule has 0 saturated carbocycles. The van der Waals surface area contributed by atoms with Crippen LogP contribution in [0.4, 0.5) is 5.82 Å². The van der Waals surface area contributed by atoms with Crippen molar-refractivity contribution in [3.63, 3.8) is 0 Å². The number of nitrogens with one attached hydrogen (secondary N) is 1. The molecule has 1 aliphatic heterocycles. The van der Waals surface area contributed by atoms with E-state index in [0.717, 1.165) is 37.5 Å². The first kappa shape index (κ1) is 13.3. The number of aromatic nitrogens is 1. The fourth-order valence-corrected chi connectivity index (χ4v) is 2.78. The highest BCUT2D eigenvalue weighted by Crippen LogP contribution is 2.26. The third kappa shape index (κ3) is 2.49. The van der Waals surface area contributed by atoms with Crippen LogP contribution >= 0.6 is 0 Å². The molecule has 2 aromatic rings. The van der Waals surface area contributed by atoms with Crippen LogP contribution in [-0.2, 0) is 11.3 Å². The fourth-order valence-electron chi connectivity index (χ4n) is 2.78. The van der Waals surface area contributed by atoms with Crippen LogP contribution in [0.1, 0.15) is 12.0 Å². The average molecular weight is 271 g/mol. The van der Waals surface area contributed by atoms with Crippen molar-refractivity contribution in [2.75, 3.05) is 32.2 Å². The number of likely N-dealkylation sites (N-methyl/N-ethyl adjacent to an activating group) is 1. The number of pyridine rings is 1. The SMILES string of the molecule is CNCc1cc2ccccc2nc1N(C)C1CCOC1. The van der Waals surface area contributed by atoms with E-state index in [-0.39, 0.29) is 0 Å². The van der Waals surface area contributed by atoms with Crippen molar-refractivity contribution >= 4 is 16.7 Å². The summed E-state index contributed by atoms with van der Waals surface area (Å²) in [5.74, 6) is 1.06. The van der Waals surface area contributed by atoms with Crippen molar-refractivity contribution in [1.82, 2.24) is 10.3 Å². The summed E-state index contributed by atoms with van der Waals surface area (Å²) in [6.45, 7) is 2.47. The highest BCUT2D eigenvalue weighted by Gasteiger charge is 2.23. The molecule has 4 heteroatoms. The van der Waals surface area contributed by atoms with Crippen molar-refractivity contribution in [3.05, 3.63) is 35.9 Å². The van der Waals surface area contributed by atoms with Crippen molar-refractivity contribution < 1.29 is 4.74 Å². The normalized spacial score (nSPS) is 18.6. The van der Waals surface area contributed by atoms with Gasteiger partial charge in [-0.1, -0.05) is 18.2 Å². The quantitative estimate of drug-likeness (QED) is 0.925. The van der Waals surface area contributed by atoms with Gasteiger partial charge in [-0.25, -0.2) is 4.98 Å². The van der Waals surface area contributed by atoms with E-state index in [1.54, 1.807) is 0 Å². The summed E-state index contributed by atoms with van der Waals surface area (Å²) in [7, 11) is 4.09. The molecule has 1 unspecified atom stereocenters. The highest BCUT2D eigenvalue weighted by molar-refractivity contribution is 5.81. The van der Waals surface area contributed by atoms with Gasteiger partial charge in [-0.2, -0.15) is 0 Å². The van der Waals surface area contributed by atoms with Crippen LogP contribution in [0.25, 0.3) is 10.9 Å². The molecule has 0 bridgehead atoms. The van der Waals surface area contributed by atoms with E-state index in [1.165, 1.54) is 10.9 Å². The first-order chi connectivity index (χ1) is 9.79. The Labute approximate surface area is 119 Å². The van der Waals surface area contributed by atoms with Crippen LogP contribution in [-0.4, -0.2) is 38.3 Å². The minimum Gasteiger partial charge on any atom is -0.379 e. The van der Waals surface area contributed by atoms with Gasteiger partial charge >= 0.3 is 0 Å². The lowest BCUT2D eigenvalue weighted by Crippen LogP contribution is -2.33. The molecule has 1 aliphatic rings. The fraction of sp³-hybridized carbons (Fsp3) is 0.438. The smallest absolute Gasteiger partial charge is 0.133 e. The van der Waals surface area contributed by atoms with E-state index in [0.29, 0.717) is 6.04 Å². The second-order valence-corrected chi connectivity index (χ2v) is 5.32. The lowest BCUT2D eigenvalue weighted by atomic mass is 10.1. The van der Waals surface area contributed by atoms with Crippen LogP contribution in [0.5, 0.6) is 0 Å². The lowest BCUT2D eigenvalue weighted by molar-refractivity contribution is 0.193. The number of ether oxygens (including phenoxy) is 1. The van der Waals surface area contributed by atoms with Gasteiger partial charge in [-0.15, -0.1) is 0 Å². The molecule has 1 fully saturated rings. The largest absolute Gasteiger partial charge is 0.379 e.